The number of allylic oxidation sites excluding steroid dienone is 1. The predicted octanol–water partition coefficient (Wildman–Crippen LogP) is 3.39. The van der Waals surface area contributed by atoms with Crippen molar-refractivity contribution in [3.63, 3.8) is 0 Å². The maximum absolute atomic E-state index is 12.4. The van der Waals surface area contributed by atoms with Crippen LogP contribution in [-0.4, -0.2) is 28.8 Å². The monoisotopic (exact) mass is 361 g/mol. The number of nitrogens with zero attached hydrogens (tertiary/aromatic N) is 2. The molecule has 3 rings (SSSR count). The van der Waals surface area contributed by atoms with Crippen molar-refractivity contribution in [1.29, 1.82) is 0 Å². The molecular formula is C16H15N3O3S2. The first-order valence-corrected chi connectivity index (χ1v) is 8.28. The third-order valence-electron chi connectivity index (χ3n) is 3.49. The Labute approximate surface area is 147 Å². The van der Waals surface area contributed by atoms with Gasteiger partial charge >= 0.3 is 0 Å². The first-order chi connectivity index (χ1) is 11.6. The lowest BCUT2D eigenvalue weighted by Crippen LogP contribution is -2.10. The second-order valence-electron chi connectivity index (χ2n) is 4.90. The molecule has 3 aromatic rings. The van der Waals surface area contributed by atoms with E-state index < -0.39 is 0 Å². The smallest absolute Gasteiger partial charge is 0.270 e. The summed E-state index contributed by atoms with van der Waals surface area (Å²) < 4.78 is 13.4. The second-order valence-corrected chi connectivity index (χ2v) is 6.55. The summed E-state index contributed by atoms with van der Waals surface area (Å²) in [5, 5.41) is 0. The number of thiazole rings is 1. The van der Waals surface area contributed by atoms with Crippen molar-refractivity contribution in [2.75, 3.05) is 14.2 Å². The molecule has 0 atom stereocenters. The number of nitrogens with one attached hydrogen (secondary N) is 1. The molecule has 0 unspecified atom stereocenters. The lowest BCUT2D eigenvalue weighted by atomic mass is 10.2. The SMILES string of the molecule is C=CCn1c(=S)sc2c(=O)[nH]c(-c3ccc(OC)c(OC)c3)nc21. The molecule has 0 fully saturated rings. The highest BCUT2D eigenvalue weighted by Gasteiger charge is 2.14. The Balaban J connectivity index is 2.24. The summed E-state index contributed by atoms with van der Waals surface area (Å²) in [7, 11) is 3.12. The highest BCUT2D eigenvalue weighted by Crippen LogP contribution is 2.31. The van der Waals surface area contributed by atoms with Crippen LogP contribution in [0.2, 0.25) is 0 Å². The number of hydrogen-bond acceptors (Lipinski definition) is 6. The van der Waals surface area contributed by atoms with Crippen LogP contribution in [0.5, 0.6) is 11.5 Å². The van der Waals surface area contributed by atoms with Crippen LogP contribution in [0.15, 0.2) is 35.6 Å². The molecular weight excluding hydrogens is 346 g/mol. The number of fused-ring (bicyclic) bond motifs is 1. The van der Waals surface area contributed by atoms with Crippen molar-refractivity contribution in [3.05, 3.63) is 45.2 Å². The number of ether oxygens (including phenoxy) is 2. The zero-order valence-corrected chi connectivity index (χ0v) is 14.8. The van der Waals surface area contributed by atoms with Gasteiger partial charge in [0.2, 0.25) is 0 Å². The summed E-state index contributed by atoms with van der Waals surface area (Å²) >= 11 is 6.56. The van der Waals surface area contributed by atoms with Crippen LogP contribution in [0.4, 0.5) is 0 Å². The van der Waals surface area contributed by atoms with Gasteiger partial charge in [0.1, 0.15) is 10.5 Å². The van der Waals surface area contributed by atoms with Crippen molar-refractivity contribution in [2.24, 2.45) is 0 Å². The molecule has 124 valence electrons. The highest BCUT2D eigenvalue weighted by molar-refractivity contribution is 7.73. The molecule has 0 bridgehead atoms. The fourth-order valence-electron chi connectivity index (χ4n) is 2.36. The molecule has 0 aliphatic rings. The van der Waals surface area contributed by atoms with E-state index in [9.17, 15) is 4.79 Å². The maximum atomic E-state index is 12.4. The average Bonchev–Trinajstić information content (AvgIpc) is 2.91. The first kappa shape index (κ1) is 16.4. The highest BCUT2D eigenvalue weighted by atomic mass is 32.1. The summed E-state index contributed by atoms with van der Waals surface area (Å²) in [6, 6.07) is 5.34. The topological polar surface area (TPSA) is 69.1 Å². The Hall–Kier alpha value is -2.45. The van der Waals surface area contributed by atoms with Crippen molar-refractivity contribution >= 4 is 33.9 Å². The molecule has 1 N–H and O–H groups in total. The lowest BCUT2D eigenvalue weighted by Gasteiger charge is -2.09. The Morgan fingerprint density at radius 2 is 2.12 bits per heavy atom. The van der Waals surface area contributed by atoms with E-state index in [2.05, 4.69) is 16.5 Å². The van der Waals surface area contributed by atoms with Gasteiger partial charge < -0.3 is 19.0 Å². The molecule has 0 radical (unpaired) electrons. The van der Waals surface area contributed by atoms with Gasteiger partial charge in [0.25, 0.3) is 5.56 Å². The van der Waals surface area contributed by atoms with Gasteiger partial charge in [0, 0.05) is 12.1 Å². The zero-order chi connectivity index (χ0) is 17.3. The van der Waals surface area contributed by atoms with E-state index in [1.807, 2.05) is 6.07 Å². The van der Waals surface area contributed by atoms with Gasteiger partial charge in [0.15, 0.2) is 21.1 Å². The van der Waals surface area contributed by atoms with Gasteiger partial charge in [-0.05, 0) is 30.4 Å². The van der Waals surface area contributed by atoms with Crippen LogP contribution in [-0.2, 0) is 6.54 Å². The summed E-state index contributed by atoms with van der Waals surface area (Å²) in [5.74, 6) is 1.61. The van der Waals surface area contributed by atoms with Gasteiger partial charge in [-0.3, -0.25) is 4.79 Å². The van der Waals surface area contributed by atoms with E-state index in [0.29, 0.717) is 43.7 Å². The van der Waals surface area contributed by atoms with Gasteiger partial charge in [-0.1, -0.05) is 17.4 Å². The summed E-state index contributed by atoms with van der Waals surface area (Å²) in [6.07, 6.45) is 1.72. The van der Waals surface area contributed by atoms with Gasteiger partial charge in [-0.15, -0.1) is 6.58 Å². The Bertz CT molecular complexity index is 1030. The number of benzene rings is 1. The molecule has 1 aromatic carbocycles. The Kier molecular flexibility index (Phi) is 4.50. The van der Waals surface area contributed by atoms with E-state index >= 15 is 0 Å². The molecule has 0 aliphatic carbocycles. The minimum absolute atomic E-state index is 0.219. The fourth-order valence-corrected chi connectivity index (χ4v) is 3.61. The van der Waals surface area contributed by atoms with Gasteiger partial charge in [-0.25, -0.2) is 4.98 Å². The summed E-state index contributed by atoms with van der Waals surface area (Å²) in [6.45, 7) is 4.22. The molecule has 24 heavy (non-hydrogen) atoms. The van der Waals surface area contributed by atoms with Crippen molar-refractivity contribution in [3.8, 4) is 22.9 Å². The maximum Gasteiger partial charge on any atom is 0.270 e. The van der Waals surface area contributed by atoms with Crippen molar-refractivity contribution in [1.82, 2.24) is 14.5 Å². The standard InChI is InChI=1S/C16H15N3O3S2/c1-4-7-19-14-12(24-16(19)23)15(20)18-13(17-14)9-5-6-10(21-2)11(8-9)22-3/h4-6,8H,1,7H2,2-3H3,(H,17,18,20). The molecule has 6 nitrogen and oxygen atoms in total. The van der Waals surface area contributed by atoms with Crippen LogP contribution >= 0.6 is 23.6 Å². The predicted molar refractivity (Wildman–Crippen MR) is 97.8 cm³/mol. The molecule has 0 saturated heterocycles. The number of aromatic amines is 1. The van der Waals surface area contributed by atoms with Crippen LogP contribution in [0.1, 0.15) is 0 Å². The van der Waals surface area contributed by atoms with Crippen LogP contribution < -0.4 is 15.0 Å². The number of hydrogen-bond donors (Lipinski definition) is 1. The Morgan fingerprint density at radius 1 is 1.38 bits per heavy atom. The van der Waals surface area contributed by atoms with E-state index in [4.69, 9.17) is 21.7 Å². The van der Waals surface area contributed by atoms with E-state index in [1.165, 1.54) is 11.3 Å². The fraction of sp³-hybridized carbons (Fsp3) is 0.188. The number of rotatable bonds is 5. The van der Waals surface area contributed by atoms with Gasteiger partial charge in [-0.2, -0.15) is 0 Å². The van der Waals surface area contributed by atoms with Crippen LogP contribution in [0.3, 0.4) is 0 Å². The second kappa shape index (κ2) is 6.58. The molecule has 2 aromatic heterocycles. The van der Waals surface area contributed by atoms with Gasteiger partial charge in [0.05, 0.1) is 14.2 Å². The quantitative estimate of drug-likeness (QED) is 0.557. The normalized spacial score (nSPS) is 10.8. The summed E-state index contributed by atoms with van der Waals surface area (Å²) in [4.78, 5) is 19.8. The Morgan fingerprint density at radius 3 is 2.79 bits per heavy atom. The molecule has 8 heteroatoms. The van der Waals surface area contributed by atoms with E-state index in [1.54, 1.807) is 37.0 Å². The lowest BCUT2D eigenvalue weighted by molar-refractivity contribution is 0.355. The average molecular weight is 361 g/mol. The molecule has 0 spiro atoms. The first-order valence-electron chi connectivity index (χ1n) is 7.06. The minimum atomic E-state index is -0.219. The van der Waals surface area contributed by atoms with Crippen LogP contribution in [0, 0.1) is 3.95 Å². The third kappa shape index (κ3) is 2.74. The van der Waals surface area contributed by atoms with E-state index in [-0.39, 0.29) is 5.56 Å². The largest absolute Gasteiger partial charge is 0.493 e. The summed E-state index contributed by atoms with van der Waals surface area (Å²) in [5.41, 5.74) is 1.05. The number of aromatic nitrogens is 3. The number of H-pyrrole nitrogens is 1. The zero-order valence-electron chi connectivity index (χ0n) is 13.2. The molecule has 0 amide bonds. The van der Waals surface area contributed by atoms with E-state index in [0.717, 1.165) is 0 Å². The molecule has 0 saturated carbocycles. The van der Waals surface area contributed by atoms with Crippen LogP contribution in [0.25, 0.3) is 21.7 Å². The number of methoxy groups -OCH3 is 2. The minimum Gasteiger partial charge on any atom is -0.493 e. The van der Waals surface area contributed by atoms with Crippen molar-refractivity contribution < 1.29 is 9.47 Å². The van der Waals surface area contributed by atoms with Crippen molar-refractivity contribution in [2.45, 2.75) is 6.54 Å². The molecule has 0 aliphatic heterocycles. The molecule has 2 heterocycles. The third-order valence-corrected chi connectivity index (χ3v) is 4.93.